The van der Waals surface area contributed by atoms with E-state index in [1.807, 2.05) is 0 Å². The van der Waals surface area contributed by atoms with Crippen molar-refractivity contribution in [1.29, 1.82) is 0 Å². The van der Waals surface area contributed by atoms with E-state index in [2.05, 4.69) is 0 Å². The van der Waals surface area contributed by atoms with Crippen LogP contribution in [0.25, 0.3) is 0 Å². The Morgan fingerprint density at radius 1 is 1.33 bits per heavy atom. The number of nitrogens with zero attached hydrogens (tertiary/aromatic N) is 1. The Morgan fingerprint density at radius 2 is 1.83 bits per heavy atom. The number of nitro groups is 1. The highest BCUT2D eigenvalue weighted by Crippen LogP contribution is 2.26. The molecule has 1 aliphatic rings. The summed E-state index contributed by atoms with van der Waals surface area (Å²) < 4.78 is 0. The van der Waals surface area contributed by atoms with Crippen LogP contribution in [-0.2, 0) is 4.79 Å². The standard InChI is InChI=1S/C8H13NO3/c1-6(10)7-2-4-8(5-3-7)9(11)12/h7-8H,2-5H2,1H3. The minimum Gasteiger partial charge on any atom is -0.300 e. The number of hydrogen-bond acceptors (Lipinski definition) is 3. The Morgan fingerprint density at radius 3 is 2.17 bits per heavy atom. The fourth-order valence-corrected chi connectivity index (χ4v) is 1.69. The maximum absolute atomic E-state index is 10.9. The number of ketones is 1. The second-order valence-electron chi connectivity index (χ2n) is 3.40. The Labute approximate surface area is 71.1 Å². The third kappa shape index (κ3) is 2.03. The van der Waals surface area contributed by atoms with E-state index >= 15 is 0 Å². The second kappa shape index (κ2) is 3.65. The van der Waals surface area contributed by atoms with Gasteiger partial charge < -0.3 is 0 Å². The topological polar surface area (TPSA) is 60.2 Å². The number of Topliss-reactive ketones (excluding diaryl/α,β-unsaturated/α-hetero) is 1. The van der Waals surface area contributed by atoms with Crippen molar-refractivity contribution in [3.63, 3.8) is 0 Å². The molecule has 4 heteroatoms. The predicted molar refractivity (Wildman–Crippen MR) is 43.4 cm³/mol. The average molecular weight is 171 g/mol. The van der Waals surface area contributed by atoms with Crippen LogP contribution in [0.1, 0.15) is 32.6 Å². The summed E-state index contributed by atoms with van der Waals surface area (Å²) in [6.45, 7) is 1.57. The molecule has 0 unspecified atom stereocenters. The Kier molecular flexibility index (Phi) is 2.78. The fourth-order valence-electron chi connectivity index (χ4n) is 1.69. The molecule has 12 heavy (non-hydrogen) atoms. The molecule has 0 saturated heterocycles. The highest BCUT2D eigenvalue weighted by Gasteiger charge is 2.29. The van der Waals surface area contributed by atoms with E-state index in [-0.39, 0.29) is 16.6 Å². The lowest BCUT2D eigenvalue weighted by atomic mass is 9.84. The summed E-state index contributed by atoms with van der Waals surface area (Å²) in [6, 6.07) is -0.402. The van der Waals surface area contributed by atoms with Crippen molar-refractivity contribution in [2.75, 3.05) is 0 Å². The molecule has 0 aromatic carbocycles. The summed E-state index contributed by atoms with van der Waals surface area (Å²) in [7, 11) is 0. The van der Waals surface area contributed by atoms with E-state index in [1.165, 1.54) is 0 Å². The van der Waals surface area contributed by atoms with E-state index < -0.39 is 6.04 Å². The van der Waals surface area contributed by atoms with Gasteiger partial charge in [-0.3, -0.25) is 14.9 Å². The zero-order valence-electron chi connectivity index (χ0n) is 7.16. The van der Waals surface area contributed by atoms with Crippen molar-refractivity contribution in [2.24, 2.45) is 5.92 Å². The van der Waals surface area contributed by atoms with Gasteiger partial charge in [0.25, 0.3) is 0 Å². The number of carbonyl (C=O) groups excluding carboxylic acids is 1. The van der Waals surface area contributed by atoms with Crippen LogP contribution in [0.5, 0.6) is 0 Å². The van der Waals surface area contributed by atoms with Gasteiger partial charge in [-0.15, -0.1) is 0 Å². The van der Waals surface area contributed by atoms with E-state index in [4.69, 9.17) is 0 Å². The smallest absolute Gasteiger partial charge is 0.213 e. The third-order valence-electron chi connectivity index (χ3n) is 2.57. The molecule has 68 valence electrons. The Balaban J connectivity index is 2.39. The molecule has 1 aliphatic carbocycles. The molecule has 0 N–H and O–H groups in total. The van der Waals surface area contributed by atoms with Crippen molar-refractivity contribution >= 4 is 5.78 Å². The SMILES string of the molecule is CC(=O)C1CCC([N+](=O)[O-])CC1. The maximum atomic E-state index is 10.9. The molecule has 0 amide bonds. The van der Waals surface area contributed by atoms with Gasteiger partial charge in [0.1, 0.15) is 5.78 Å². The summed E-state index contributed by atoms with van der Waals surface area (Å²) >= 11 is 0. The van der Waals surface area contributed by atoms with Crippen molar-refractivity contribution in [1.82, 2.24) is 0 Å². The lowest BCUT2D eigenvalue weighted by Gasteiger charge is -2.21. The molecule has 0 spiro atoms. The zero-order valence-corrected chi connectivity index (χ0v) is 7.16. The number of hydrogen-bond donors (Lipinski definition) is 0. The van der Waals surface area contributed by atoms with Crippen LogP contribution in [-0.4, -0.2) is 16.7 Å². The molecule has 0 radical (unpaired) electrons. The summed E-state index contributed by atoms with van der Waals surface area (Å²) in [6.07, 6.45) is 2.52. The normalized spacial score (nSPS) is 29.8. The first-order chi connectivity index (χ1) is 5.61. The molecular weight excluding hydrogens is 158 g/mol. The van der Waals surface area contributed by atoms with E-state index in [0.717, 1.165) is 0 Å². The summed E-state index contributed by atoms with van der Waals surface area (Å²) in [4.78, 5) is 21.0. The van der Waals surface area contributed by atoms with Gasteiger partial charge in [0.15, 0.2) is 0 Å². The van der Waals surface area contributed by atoms with Gasteiger partial charge in [0, 0.05) is 23.7 Å². The lowest BCUT2D eigenvalue weighted by Crippen LogP contribution is -2.28. The molecule has 1 rings (SSSR count). The van der Waals surface area contributed by atoms with E-state index in [9.17, 15) is 14.9 Å². The summed E-state index contributed by atoms with van der Waals surface area (Å²) in [5.41, 5.74) is 0. The van der Waals surface area contributed by atoms with Gasteiger partial charge >= 0.3 is 0 Å². The average Bonchev–Trinajstić information content (AvgIpc) is 2.04. The second-order valence-corrected chi connectivity index (χ2v) is 3.40. The van der Waals surface area contributed by atoms with Crippen LogP contribution in [0.3, 0.4) is 0 Å². The predicted octanol–water partition coefficient (Wildman–Crippen LogP) is 1.41. The zero-order chi connectivity index (χ0) is 9.14. The number of rotatable bonds is 2. The highest BCUT2D eigenvalue weighted by molar-refractivity contribution is 5.78. The van der Waals surface area contributed by atoms with Crippen molar-refractivity contribution < 1.29 is 9.72 Å². The van der Waals surface area contributed by atoms with Crippen molar-refractivity contribution in [2.45, 2.75) is 38.6 Å². The van der Waals surface area contributed by atoms with Gasteiger partial charge in [-0.1, -0.05) is 0 Å². The summed E-state index contributed by atoms with van der Waals surface area (Å²) in [5.74, 6) is 0.262. The molecule has 0 aliphatic heterocycles. The Hall–Kier alpha value is -0.930. The number of carbonyl (C=O) groups is 1. The first-order valence-electron chi connectivity index (χ1n) is 4.25. The molecule has 0 atom stereocenters. The minimum atomic E-state index is -0.402. The largest absolute Gasteiger partial charge is 0.300 e. The molecule has 4 nitrogen and oxygen atoms in total. The van der Waals surface area contributed by atoms with E-state index in [0.29, 0.717) is 25.7 Å². The first kappa shape index (κ1) is 9.16. The van der Waals surface area contributed by atoms with Gasteiger partial charge in [-0.2, -0.15) is 0 Å². The van der Waals surface area contributed by atoms with Crippen LogP contribution in [0.4, 0.5) is 0 Å². The van der Waals surface area contributed by atoms with Gasteiger partial charge in [0.2, 0.25) is 6.04 Å². The van der Waals surface area contributed by atoms with Crippen LogP contribution >= 0.6 is 0 Å². The van der Waals surface area contributed by atoms with Crippen LogP contribution < -0.4 is 0 Å². The summed E-state index contributed by atoms with van der Waals surface area (Å²) in [5, 5.41) is 10.4. The van der Waals surface area contributed by atoms with Gasteiger partial charge in [0.05, 0.1) is 0 Å². The van der Waals surface area contributed by atoms with E-state index in [1.54, 1.807) is 6.92 Å². The molecule has 0 aromatic rings. The van der Waals surface area contributed by atoms with Crippen LogP contribution in [0, 0.1) is 16.0 Å². The molecule has 1 fully saturated rings. The Bertz CT molecular complexity index is 172. The molecule has 0 aromatic heterocycles. The van der Waals surface area contributed by atoms with Gasteiger partial charge in [-0.05, 0) is 19.8 Å². The van der Waals surface area contributed by atoms with Gasteiger partial charge in [-0.25, -0.2) is 0 Å². The maximum Gasteiger partial charge on any atom is 0.213 e. The minimum absolute atomic E-state index is 0.0844. The van der Waals surface area contributed by atoms with Crippen LogP contribution in [0.2, 0.25) is 0 Å². The monoisotopic (exact) mass is 171 g/mol. The first-order valence-corrected chi connectivity index (χ1v) is 4.25. The van der Waals surface area contributed by atoms with Crippen molar-refractivity contribution in [3.05, 3.63) is 10.1 Å². The highest BCUT2D eigenvalue weighted by atomic mass is 16.6. The lowest BCUT2D eigenvalue weighted by molar-refractivity contribution is -0.526. The third-order valence-corrected chi connectivity index (χ3v) is 2.57. The van der Waals surface area contributed by atoms with Crippen LogP contribution in [0.15, 0.2) is 0 Å². The molecule has 0 heterocycles. The molecule has 0 bridgehead atoms. The fraction of sp³-hybridized carbons (Fsp3) is 0.875. The quantitative estimate of drug-likeness (QED) is 0.466. The molecular formula is C8H13NO3. The molecule has 1 saturated carbocycles. The van der Waals surface area contributed by atoms with Crippen molar-refractivity contribution in [3.8, 4) is 0 Å².